The van der Waals surface area contributed by atoms with Gasteiger partial charge in [0.1, 0.15) is 11.3 Å². The highest BCUT2D eigenvalue weighted by atomic mass is 16.6. The first-order valence-electron chi connectivity index (χ1n) is 8.59. The van der Waals surface area contributed by atoms with Gasteiger partial charge in [0, 0.05) is 17.5 Å². The Bertz CT molecular complexity index is 961. The Labute approximate surface area is 157 Å². The molecule has 3 rings (SSSR count). The van der Waals surface area contributed by atoms with Gasteiger partial charge >= 0.3 is 5.97 Å². The van der Waals surface area contributed by atoms with Crippen molar-refractivity contribution in [1.82, 2.24) is 5.32 Å². The second-order valence-electron chi connectivity index (χ2n) is 6.17. The maximum atomic E-state index is 12.5. The van der Waals surface area contributed by atoms with E-state index in [0.29, 0.717) is 23.4 Å². The molecule has 2 aromatic carbocycles. The van der Waals surface area contributed by atoms with Crippen LogP contribution in [0.3, 0.4) is 0 Å². The van der Waals surface area contributed by atoms with Crippen molar-refractivity contribution in [3.8, 4) is 5.75 Å². The molecule has 27 heavy (non-hydrogen) atoms. The molecule has 1 amide bonds. The lowest BCUT2D eigenvalue weighted by molar-refractivity contribution is -0.129. The molecule has 0 aliphatic carbocycles. The van der Waals surface area contributed by atoms with E-state index >= 15 is 0 Å². The number of esters is 1. The highest BCUT2D eigenvalue weighted by Gasteiger charge is 2.24. The zero-order valence-corrected chi connectivity index (χ0v) is 15.4. The van der Waals surface area contributed by atoms with Crippen molar-refractivity contribution in [3.63, 3.8) is 0 Å². The molecule has 1 N–H and O–H groups in total. The summed E-state index contributed by atoms with van der Waals surface area (Å²) in [6.45, 7) is 3.66. The molecule has 6 heteroatoms. The third-order valence-corrected chi connectivity index (χ3v) is 4.29. The van der Waals surface area contributed by atoms with Crippen LogP contribution in [0.5, 0.6) is 5.75 Å². The highest BCUT2D eigenvalue weighted by molar-refractivity contribution is 5.97. The maximum absolute atomic E-state index is 12.5. The number of rotatable bonds is 6. The van der Waals surface area contributed by atoms with E-state index in [9.17, 15) is 9.59 Å². The van der Waals surface area contributed by atoms with Gasteiger partial charge in [-0.15, -0.1) is 0 Å². The van der Waals surface area contributed by atoms with Gasteiger partial charge in [0.15, 0.2) is 6.10 Å². The van der Waals surface area contributed by atoms with Gasteiger partial charge in [0.05, 0.1) is 7.11 Å². The van der Waals surface area contributed by atoms with E-state index < -0.39 is 12.1 Å². The smallest absolute Gasteiger partial charge is 0.375 e. The average Bonchev–Trinajstić information content (AvgIpc) is 3.02. The summed E-state index contributed by atoms with van der Waals surface area (Å²) in [6.07, 6.45) is -0.941. The molecule has 0 fully saturated rings. The lowest BCUT2D eigenvalue weighted by Crippen LogP contribution is -2.35. The van der Waals surface area contributed by atoms with Gasteiger partial charge in [0.25, 0.3) is 5.91 Å². The number of furan rings is 1. The van der Waals surface area contributed by atoms with Crippen molar-refractivity contribution in [2.75, 3.05) is 7.11 Å². The van der Waals surface area contributed by atoms with Crippen LogP contribution in [0.25, 0.3) is 11.0 Å². The standard InChI is InChI=1S/C21H21NO5/c1-13-17-11-16(25-3)9-10-18(17)27-19(13)21(24)26-14(2)20(23)22-12-15-7-5-4-6-8-15/h4-11,14H,12H2,1-3H3,(H,22,23)/t14-/m1/s1. The van der Waals surface area contributed by atoms with Crippen molar-refractivity contribution in [3.05, 3.63) is 65.4 Å². The van der Waals surface area contributed by atoms with Gasteiger partial charge in [-0.3, -0.25) is 4.79 Å². The molecule has 0 aliphatic rings. The fourth-order valence-electron chi connectivity index (χ4n) is 2.72. The summed E-state index contributed by atoms with van der Waals surface area (Å²) >= 11 is 0. The van der Waals surface area contributed by atoms with Crippen molar-refractivity contribution < 1.29 is 23.5 Å². The summed E-state index contributed by atoms with van der Waals surface area (Å²) in [6, 6.07) is 14.8. The molecule has 1 heterocycles. The SMILES string of the molecule is COc1ccc2oc(C(=O)O[C@H](C)C(=O)NCc3ccccc3)c(C)c2c1. The molecule has 0 radical (unpaired) electrons. The third-order valence-electron chi connectivity index (χ3n) is 4.29. The van der Waals surface area contributed by atoms with Crippen LogP contribution < -0.4 is 10.1 Å². The zero-order valence-electron chi connectivity index (χ0n) is 15.4. The van der Waals surface area contributed by atoms with Crippen molar-refractivity contribution in [1.29, 1.82) is 0 Å². The van der Waals surface area contributed by atoms with E-state index in [4.69, 9.17) is 13.9 Å². The number of carbonyl (C=O) groups is 2. The predicted molar refractivity (Wildman–Crippen MR) is 101 cm³/mol. The van der Waals surface area contributed by atoms with E-state index in [-0.39, 0.29) is 11.7 Å². The number of ether oxygens (including phenoxy) is 2. The summed E-state index contributed by atoms with van der Waals surface area (Å²) in [4.78, 5) is 24.6. The van der Waals surface area contributed by atoms with Gasteiger partial charge in [0.2, 0.25) is 5.76 Å². The van der Waals surface area contributed by atoms with E-state index in [1.165, 1.54) is 6.92 Å². The lowest BCUT2D eigenvalue weighted by Gasteiger charge is -2.13. The number of benzene rings is 2. The fraction of sp³-hybridized carbons (Fsp3) is 0.238. The Hall–Kier alpha value is -3.28. The molecule has 1 atom stereocenters. The van der Waals surface area contributed by atoms with E-state index in [1.54, 1.807) is 32.2 Å². The number of hydrogen-bond acceptors (Lipinski definition) is 5. The zero-order chi connectivity index (χ0) is 19.4. The van der Waals surface area contributed by atoms with Crippen molar-refractivity contribution in [2.45, 2.75) is 26.5 Å². The molecule has 0 aliphatic heterocycles. The minimum absolute atomic E-state index is 0.0842. The van der Waals surface area contributed by atoms with Crippen LogP contribution in [0.15, 0.2) is 52.9 Å². The molecular weight excluding hydrogens is 346 g/mol. The van der Waals surface area contributed by atoms with Crippen LogP contribution in [-0.2, 0) is 16.1 Å². The number of nitrogens with one attached hydrogen (secondary N) is 1. The molecule has 6 nitrogen and oxygen atoms in total. The normalized spacial score (nSPS) is 11.8. The van der Waals surface area contributed by atoms with Crippen LogP contribution >= 0.6 is 0 Å². The summed E-state index contributed by atoms with van der Waals surface area (Å²) in [5.74, 6) is -0.298. The second kappa shape index (κ2) is 7.95. The van der Waals surface area contributed by atoms with E-state index in [1.807, 2.05) is 30.3 Å². The Balaban J connectivity index is 1.66. The number of methoxy groups -OCH3 is 1. The quantitative estimate of drug-likeness (QED) is 0.674. The Morgan fingerprint density at radius 1 is 1.15 bits per heavy atom. The topological polar surface area (TPSA) is 77.8 Å². The molecule has 3 aromatic rings. The first-order valence-corrected chi connectivity index (χ1v) is 8.59. The van der Waals surface area contributed by atoms with Gasteiger partial charge < -0.3 is 19.2 Å². The highest BCUT2D eigenvalue weighted by Crippen LogP contribution is 2.29. The minimum Gasteiger partial charge on any atom is -0.497 e. The number of amides is 1. The molecule has 0 saturated heterocycles. The maximum Gasteiger partial charge on any atom is 0.375 e. The molecule has 1 aromatic heterocycles. The van der Waals surface area contributed by atoms with Gasteiger partial charge in [-0.25, -0.2) is 4.79 Å². The van der Waals surface area contributed by atoms with Gasteiger partial charge in [-0.05, 0) is 37.6 Å². The first-order chi connectivity index (χ1) is 13.0. The molecule has 0 spiro atoms. The molecule has 0 bridgehead atoms. The van der Waals surface area contributed by atoms with Gasteiger partial charge in [-0.2, -0.15) is 0 Å². The number of fused-ring (bicyclic) bond motifs is 1. The number of aryl methyl sites for hydroxylation is 1. The average molecular weight is 367 g/mol. The summed E-state index contributed by atoms with van der Waals surface area (Å²) in [5.41, 5.74) is 2.17. The Morgan fingerprint density at radius 2 is 1.89 bits per heavy atom. The van der Waals surface area contributed by atoms with Crippen LogP contribution in [0, 0.1) is 6.92 Å². The third kappa shape index (κ3) is 4.11. The van der Waals surface area contributed by atoms with Crippen LogP contribution in [-0.4, -0.2) is 25.1 Å². The second-order valence-corrected chi connectivity index (χ2v) is 6.17. The monoisotopic (exact) mass is 367 g/mol. The number of hydrogen-bond donors (Lipinski definition) is 1. The van der Waals surface area contributed by atoms with Crippen LogP contribution in [0.1, 0.15) is 28.6 Å². The van der Waals surface area contributed by atoms with Crippen molar-refractivity contribution in [2.24, 2.45) is 0 Å². The molecular formula is C21H21NO5. The summed E-state index contributed by atoms with van der Waals surface area (Å²) in [7, 11) is 1.57. The molecule has 0 unspecified atom stereocenters. The summed E-state index contributed by atoms with van der Waals surface area (Å²) in [5, 5.41) is 3.51. The van der Waals surface area contributed by atoms with E-state index in [0.717, 1.165) is 10.9 Å². The van der Waals surface area contributed by atoms with Crippen LogP contribution in [0.4, 0.5) is 0 Å². The summed E-state index contributed by atoms with van der Waals surface area (Å²) < 4.78 is 16.1. The Morgan fingerprint density at radius 3 is 2.59 bits per heavy atom. The number of carbonyl (C=O) groups excluding carboxylic acids is 2. The fourth-order valence-corrected chi connectivity index (χ4v) is 2.72. The van der Waals surface area contributed by atoms with E-state index in [2.05, 4.69) is 5.32 Å². The lowest BCUT2D eigenvalue weighted by atomic mass is 10.1. The first kappa shape index (κ1) is 18.5. The van der Waals surface area contributed by atoms with Crippen molar-refractivity contribution >= 4 is 22.8 Å². The van der Waals surface area contributed by atoms with Gasteiger partial charge in [-0.1, -0.05) is 30.3 Å². The molecule has 140 valence electrons. The predicted octanol–water partition coefficient (Wildman–Crippen LogP) is 3.61. The minimum atomic E-state index is -0.941. The Kier molecular flexibility index (Phi) is 5.45. The molecule has 0 saturated carbocycles. The largest absolute Gasteiger partial charge is 0.497 e. The van der Waals surface area contributed by atoms with Crippen LogP contribution in [0.2, 0.25) is 0 Å².